The van der Waals surface area contributed by atoms with Crippen molar-refractivity contribution in [3.8, 4) is 33.6 Å². The van der Waals surface area contributed by atoms with E-state index in [1.807, 2.05) is 0 Å². The molecule has 188 valence electrons. The first kappa shape index (κ1) is 22.7. The largest absolute Gasteiger partial charge is 0.381 e. The van der Waals surface area contributed by atoms with Gasteiger partial charge in [0, 0.05) is 28.4 Å². The minimum absolute atomic E-state index is 0.831. The lowest BCUT2D eigenvalue weighted by molar-refractivity contribution is 1.30. The van der Waals surface area contributed by atoms with Gasteiger partial charge in [-0.3, -0.25) is 0 Å². The van der Waals surface area contributed by atoms with Crippen molar-refractivity contribution in [2.45, 2.75) is 0 Å². The number of hydrogen-bond acceptors (Lipinski definition) is 3. The third-order valence-electron chi connectivity index (χ3n) is 7.83. The van der Waals surface area contributed by atoms with Crippen LogP contribution in [0.3, 0.4) is 0 Å². The molecule has 2 aromatic heterocycles. The van der Waals surface area contributed by atoms with Crippen molar-refractivity contribution in [1.29, 1.82) is 0 Å². The molecule has 7 aromatic rings. The van der Waals surface area contributed by atoms with Crippen molar-refractivity contribution in [1.82, 2.24) is 9.97 Å². The molecule has 0 atom stereocenters. The predicted octanol–water partition coefficient (Wildman–Crippen LogP) is 9.38. The lowest BCUT2D eigenvalue weighted by Crippen LogP contribution is -2.06. The average molecular weight is 512 g/mol. The molecule has 0 unspecified atom stereocenters. The second-order valence-corrected chi connectivity index (χ2v) is 10.3. The van der Waals surface area contributed by atoms with Crippen LogP contribution in [0.2, 0.25) is 0 Å². The molecule has 0 fully saturated rings. The second kappa shape index (κ2) is 9.18. The molecule has 1 N–H and O–H groups in total. The van der Waals surface area contributed by atoms with Crippen LogP contribution >= 0.6 is 0 Å². The van der Waals surface area contributed by atoms with Gasteiger partial charge in [0.25, 0.3) is 0 Å². The van der Waals surface area contributed by atoms with E-state index < -0.39 is 0 Å². The first-order valence-electron chi connectivity index (χ1n) is 13.6. The number of pyridine rings is 2. The van der Waals surface area contributed by atoms with E-state index in [1.54, 1.807) is 0 Å². The molecule has 8 rings (SSSR count). The fourth-order valence-electron chi connectivity index (χ4n) is 5.72. The van der Waals surface area contributed by atoms with Gasteiger partial charge >= 0.3 is 0 Å². The van der Waals surface area contributed by atoms with Gasteiger partial charge in [0.1, 0.15) is 0 Å². The fraction of sp³-hybridized carbons (Fsp3) is 0.0270. The Morgan fingerprint density at radius 2 is 1.15 bits per heavy atom. The summed E-state index contributed by atoms with van der Waals surface area (Å²) in [4.78, 5) is 10.2. The van der Waals surface area contributed by atoms with Crippen LogP contribution < -0.4 is 5.32 Å². The summed E-state index contributed by atoms with van der Waals surface area (Å²) >= 11 is 0. The minimum atomic E-state index is 0.831. The molecule has 0 spiro atoms. The maximum Gasteiger partial charge on any atom is 0.0730 e. The summed E-state index contributed by atoms with van der Waals surface area (Å²) < 4.78 is 0. The van der Waals surface area contributed by atoms with Gasteiger partial charge in [-0.05, 0) is 57.8 Å². The highest BCUT2D eigenvalue weighted by atomic mass is 14.9. The Morgan fingerprint density at radius 3 is 2.00 bits per heavy atom. The molecule has 0 saturated heterocycles. The first-order chi connectivity index (χ1) is 19.8. The standard InChI is InChI=1S/C37H25N3/c1-2-6-28-21-29(13-10-24(28)5-1)30-14-11-25-16-18-33(39-35(25)22-30)31-15-12-26-17-19-34(40-36(26)23-31)32-9-3-7-27-8-4-20-38-37(27)32/h1-19,21-23,38H,20H2. The second-order valence-electron chi connectivity index (χ2n) is 10.3. The van der Waals surface area contributed by atoms with E-state index in [0.717, 1.165) is 56.6 Å². The minimum Gasteiger partial charge on any atom is -0.381 e. The van der Waals surface area contributed by atoms with Crippen molar-refractivity contribution < 1.29 is 0 Å². The molecular weight excluding hydrogens is 486 g/mol. The smallest absolute Gasteiger partial charge is 0.0730 e. The summed E-state index contributed by atoms with van der Waals surface area (Å²) in [6.07, 6.45) is 4.32. The monoisotopic (exact) mass is 511 g/mol. The summed E-state index contributed by atoms with van der Waals surface area (Å²) in [6.45, 7) is 0.831. The van der Waals surface area contributed by atoms with Crippen LogP contribution in [0.25, 0.3) is 72.3 Å². The maximum absolute atomic E-state index is 5.09. The van der Waals surface area contributed by atoms with Gasteiger partial charge in [0.05, 0.1) is 28.1 Å². The molecule has 1 aliphatic rings. The number of anilines is 1. The van der Waals surface area contributed by atoms with Gasteiger partial charge in [-0.15, -0.1) is 0 Å². The van der Waals surface area contributed by atoms with E-state index >= 15 is 0 Å². The van der Waals surface area contributed by atoms with Crippen molar-refractivity contribution in [2.24, 2.45) is 0 Å². The van der Waals surface area contributed by atoms with E-state index in [0.29, 0.717) is 0 Å². The summed E-state index contributed by atoms with van der Waals surface area (Å²) in [7, 11) is 0. The summed E-state index contributed by atoms with van der Waals surface area (Å²) in [5.74, 6) is 0. The van der Waals surface area contributed by atoms with Crippen LogP contribution in [0.1, 0.15) is 5.56 Å². The zero-order chi connectivity index (χ0) is 26.5. The van der Waals surface area contributed by atoms with Gasteiger partial charge in [0.2, 0.25) is 0 Å². The van der Waals surface area contributed by atoms with Crippen LogP contribution in [0, 0.1) is 0 Å². The third kappa shape index (κ3) is 3.91. The number of fused-ring (bicyclic) bond motifs is 4. The van der Waals surface area contributed by atoms with Gasteiger partial charge in [-0.25, -0.2) is 9.97 Å². The Hall–Kier alpha value is -5.28. The molecule has 0 amide bonds. The van der Waals surface area contributed by atoms with Crippen LogP contribution in [-0.4, -0.2) is 16.5 Å². The highest BCUT2D eigenvalue weighted by Crippen LogP contribution is 2.34. The van der Waals surface area contributed by atoms with Crippen LogP contribution in [0.15, 0.2) is 127 Å². The highest BCUT2D eigenvalue weighted by molar-refractivity contribution is 5.92. The zero-order valence-electron chi connectivity index (χ0n) is 21.8. The zero-order valence-corrected chi connectivity index (χ0v) is 21.8. The normalized spacial score (nSPS) is 12.5. The number of rotatable bonds is 3. The molecule has 0 radical (unpaired) electrons. The van der Waals surface area contributed by atoms with Gasteiger partial charge in [0.15, 0.2) is 0 Å². The molecule has 0 saturated carbocycles. The van der Waals surface area contributed by atoms with Crippen molar-refractivity contribution >= 4 is 44.3 Å². The Morgan fingerprint density at radius 1 is 0.500 bits per heavy atom. The molecule has 3 heteroatoms. The van der Waals surface area contributed by atoms with E-state index in [4.69, 9.17) is 9.97 Å². The summed E-state index contributed by atoms with van der Waals surface area (Å²) in [5, 5.41) is 8.26. The molecule has 3 heterocycles. The van der Waals surface area contributed by atoms with E-state index in [2.05, 4.69) is 139 Å². The van der Waals surface area contributed by atoms with E-state index in [9.17, 15) is 0 Å². The Balaban J connectivity index is 1.19. The van der Waals surface area contributed by atoms with E-state index in [1.165, 1.54) is 27.5 Å². The highest BCUT2D eigenvalue weighted by Gasteiger charge is 2.13. The van der Waals surface area contributed by atoms with Crippen LogP contribution in [-0.2, 0) is 0 Å². The Bertz CT molecular complexity index is 2120. The van der Waals surface area contributed by atoms with Crippen molar-refractivity contribution in [3.63, 3.8) is 0 Å². The van der Waals surface area contributed by atoms with Gasteiger partial charge in [-0.1, -0.05) is 103 Å². The SMILES string of the molecule is C1=Cc2cccc(-c3ccc4ccc(-c5ccc6ccc(-c7ccc8ccccc8c7)cc6n5)cc4n3)c2NC1. The molecule has 1 aliphatic heterocycles. The topological polar surface area (TPSA) is 37.8 Å². The molecule has 0 aliphatic carbocycles. The van der Waals surface area contributed by atoms with Crippen LogP contribution in [0.4, 0.5) is 5.69 Å². The fourth-order valence-corrected chi connectivity index (χ4v) is 5.72. The Labute approximate surface area is 232 Å². The number of benzene rings is 5. The molecule has 40 heavy (non-hydrogen) atoms. The van der Waals surface area contributed by atoms with Gasteiger partial charge in [-0.2, -0.15) is 0 Å². The quantitative estimate of drug-likeness (QED) is 0.257. The summed E-state index contributed by atoms with van der Waals surface area (Å²) in [6, 6.07) is 43.0. The lowest BCUT2D eigenvalue weighted by Gasteiger charge is -2.17. The van der Waals surface area contributed by atoms with Crippen molar-refractivity contribution in [3.05, 3.63) is 133 Å². The third-order valence-corrected chi connectivity index (χ3v) is 7.83. The van der Waals surface area contributed by atoms with E-state index in [-0.39, 0.29) is 0 Å². The first-order valence-corrected chi connectivity index (χ1v) is 13.6. The molecule has 0 bridgehead atoms. The number of hydrogen-bond donors (Lipinski definition) is 1. The van der Waals surface area contributed by atoms with Gasteiger partial charge < -0.3 is 5.32 Å². The predicted molar refractivity (Wildman–Crippen MR) is 168 cm³/mol. The summed E-state index contributed by atoms with van der Waals surface area (Å²) in [5.41, 5.74) is 10.8. The van der Waals surface area contributed by atoms with Crippen molar-refractivity contribution in [2.75, 3.05) is 11.9 Å². The number of aromatic nitrogens is 2. The Kier molecular flexibility index (Phi) is 5.20. The molecule has 5 aromatic carbocycles. The maximum atomic E-state index is 5.09. The average Bonchev–Trinajstić information content (AvgIpc) is 3.03. The van der Waals surface area contributed by atoms with Crippen LogP contribution in [0.5, 0.6) is 0 Å². The molecular formula is C37H25N3. The number of nitrogens with zero attached hydrogens (tertiary/aromatic N) is 2. The molecule has 3 nitrogen and oxygen atoms in total. The lowest BCUT2D eigenvalue weighted by atomic mass is 9.99. The number of nitrogens with one attached hydrogen (secondary N) is 1. The number of para-hydroxylation sites is 1.